The number of hydrogen-bond acceptors (Lipinski definition) is 4. The van der Waals surface area contributed by atoms with Gasteiger partial charge in [0.1, 0.15) is 18.3 Å². The van der Waals surface area contributed by atoms with Crippen LogP contribution in [0.15, 0.2) is 12.2 Å². The highest BCUT2D eigenvalue weighted by Gasteiger charge is 2.27. The zero-order valence-electron chi connectivity index (χ0n) is 9.63. The molecule has 3 atom stereocenters. The lowest BCUT2D eigenvalue weighted by molar-refractivity contribution is -0.159. The van der Waals surface area contributed by atoms with Crippen LogP contribution in [0.4, 0.5) is 0 Å². The molecule has 2 N–H and O–H groups in total. The minimum absolute atomic E-state index is 0.292. The number of hydrogen-bond donors (Lipinski definition) is 2. The summed E-state index contributed by atoms with van der Waals surface area (Å²) in [6.07, 6.45) is 3.96. The molecule has 0 saturated heterocycles. The Hall–Kier alpha value is -0.870. The van der Waals surface area contributed by atoms with E-state index in [4.69, 9.17) is 4.74 Å². The molecule has 0 saturated carbocycles. The summed E-state index contributed by atoms with van der Waals surface area (Å²) in [5.74, 6) is -0.292. The van der Waals surface area contributed by atoms with Crippen LogP contribution in [0, 0.1) is 0 Å². The molecule has 0 aromatic rings. The minimum atomic E-state index is -1.03. The van der Waals surface area contributed by atoms with Gasteiger partial charge in [0.15, 0.2) is 0 Å². The number of aliphatic hydroxyl groups excluding tert-OH is 2. The topological polar surface area (TPSA) is 66.8 Å². The third-order valence-corrected chi connectivity index (χ3v) is 2.67. The Balaban J connectivity index is 2.72. The first-order chi connectivity index (χ1) is 7.65. The molecule has 0 aromatic carbocycles. The van der Waals surface area contributed by atoms with Gasteiger partial charge in [-0.25, -0.2) is 0 Å². The molecule has 1 heterocycles. The van der Waals surface area contributed by atoms with Gasteiger partial charge in [0.05, 0.1) is 0 Å². The predicted molar refractivity (Wildman–Crippen MR) is 59.8 cm³/mol. The summed E-state index contributed by atoms with van der Waals surface area (Å²) < 4.78 is 5.17. The maximum atomic E-state index is 11.4. The second kappa shape index (κ2) is 6.66. The fourth-order valence-corrected chi connectivity index (χ4v) is 1.75. The maximum Gasteiger partial charge on any atom is 0.306 e. The molecule has 1 rings (SSSR count). The number of rotatable bonds is 2. The summed E-state index contributed by atoms with van der Waals surface area (Å²) in [6.45, 7) is 1.95. The van der Waals surface area contributed by atoms with Crippen molar-refractivity contribution in [2.45, 2.75) is 57.3 Å². The van der Waals surface area contributed by atoms with Crippen LogP contribution in [0.25, 0.3) is 0 Å². The Bertz CT molecular complexity index is 249. The Morgan fingerprint density at radius 1 is 1.50 bits per heavy atom. The molecule has 0 radical (unpaired) electrons. The van der Waals surface area contributed by atoms with Crippen molar-refractivity contribution in [1.82, 2.24) is 0 Å². The van der Waals surface area contributed by atoms with Crippen molar-refractivity contribution >= 4 is 5.97 Å². The van der Waals surface area contributed by atoms with Crippen molar-refractivity contribution < 1.29 is 19.7 Å². The van der Waals surface area contributed by atoms with E-state index in [1.54, 1.807) is 12.2 Å². The smallest absolute Gasteiger partial charge is 0.306 e. The molecular formula is C12H20O4. The molecule has 0 aromatic heterocycles. The van der Waals surface area contributed by atoms with Crippen LogP contribution in [-0.4, -0.2) is 34.5 Å². The maximum absolute atomic E-state index is 11.4. The first-order valence-corrected chi connectivity index (χ1v) is 5.87. The molecule has 16 heavy (non-hydrogen) atoms. The molecule has 0 fully saturated rings. The van der Waals surface area contributed by atoms with Gasteiger partial charge in [-0.1, -0.05) is 25.5 Å². The molecule has 0 spiro atoms. The quantitative estimate of drug-likeness (QED) is 0.550. The van der Waals surface area contributed by atoms with E-state index in [1.165, 1.54) is 0 Å². The molecule has 4 nitrogen and oxygen atoms in total. The first-order valence-electron chi connectivity index (χ1n) is 5.87. The molecule has 4 heteroatoms. The number of allylic oxidation sites excluding steroid dienone is 1. The standard InChI is InChI=1S/C12H20O4/c1-2-6-10-12(15)9(13)7-4-3-5-8-11(14)16-10/h4,7,9-10,12-13,15H,2-3,5-6,8H2,1H3/b7-4+/t9-,10+,12-/m0/s1. The van der Waals surface area contributed by atoms with Gasteiger partial charge in [0.2, 0.25) is 0 Å². The zero-order chi connectivity index (χ0) is 12.0. The summed E-state index contributed by atoms with van der Waals surface area (Å²) in [5.41, 5.74) is 0. The van der Waals surface area contributed by atoms with E-state index >= 15 is 0 Å². The van der Waals surface area contributed by atoms with Gasteiger partial charge in [-0.2, -0.15) is 0 Å². The second-order valence-electron chi connectivity index (χ2n) is 4.12. The largest absolute Gasteiger partial charge is 0.459 e. The highest BCUT2D eigenvalue weighted by Crippen LogP contribution is 2.15. The number of carbonyl (C=O) groups excluding carboxylic acids is 1. The summed E-state index contributed by atoms with van der Waals surface area (Å²) in [5, 5.41) is 19.5. The lowest BCUT2D eigenvalue weighted by atomic mass is 10.0. The summed E-state index contributed by atoms with van der Waals surface area (Å²) in [6, 6.07) is 0. The van der Waals surface area contributed by atoms with Gasteiger partial charge in [0.25, 0.3) is 0 Å². The van der Waals surface area contributed by atoms with Crippen LogP contribution < -0.4 is 0 Å². The Morgan fingerprint density at radius 3 is 2.94 bits per heavy atom. The summed E-state index contributed by atoms with van der Waals surface area (Å²) in [4.78, 5) is 11.4. The molecule has 92 valence electrons. The number of aliphatic hydroxyl groups is 2. The van der Waals surface area contributed by atoms with E-state index in [-0.39, 0.29) is 5.97 Å². The summed E-state index contributed by atoms with van der Waals surface area (Å²) >= 11 is 0. The monoisotopic (exact) mass is 228 g/mol. The van der Waals surface area contributed by atoms with Crippen LogP contribution in [-0.2, 0) is 9.53 Å². The third kappa shape index (κ3) is 3.94. The van der Waals surface area contributed by atoms with Crippen LogP contribution in [0.2, 0.25) is 0 Å². The van der Waals surface area contributed by atoms with E-state index in [0.717, 1.165) is 19.3 Å². The first kappa shape index (κ1) is 13.2. The van der Waals surface area contributed by atoms with Crippen molar-refractivity contribution in [1.29, 1.82) is 0 Å². The highest BCUT2D eigenvalue weighted by molar-refractivity contribution is 5.69. The molecule has 1 aliphatic heterocycles. The lowest BCUT2D eigenvalue weighted by Crippen LogP contribution is -2.39. The van der Waals surface area contributed by atoms with Crippen molar-refractivity contribution in [2.24, 2.45) is 0 Å². The highest BCUT2D eigenvalue weighted by atomic mass is 16.6. The molecule has 0 aliphatic carbocycles. The van der Waals surface area contributed by atoms with Gasteiger partial charge in [0, 0.05) is 6.42 Å². The van der Waals surface area contributed by atoms with Crippen LogP contribution in [0.3, 0.4) is 0 Å². The number of esters is 1. The number of carbonyl (C=O) groups is 1. The van der Waals surface area contributed by atoms with E-state index in [1.807, 2.05) is 6.92 Å². The fourth-order valence-electron chi connectivity index (χ4n) is 1.75. The van der Waals surface area contributed by atoms with Crippen molar-refractivity contribution in [3.63, 3.8) is 0 Å². The van der Waals surface area contributed by atoms with Crippen LogP contribution in [0.5, 0.6) is 0 Å². The Morgan fingerprint density at radius 2 is 2.25 bits per heavy atom. The number of cyclic esters (lactones) is 1. The second-order valence-corrected chi connectivity index (χ2v) is 4.12. The van der Waals surface area contributed by atoms with Gasteiger partial charge in [-0.3, -0.25) is 4.79 Å². The minimum Gasteiger partial charge on any atom is -0.459 e. The zero-order valence-corrected chi connectivity index (χ0v) is 9.63. The normalized spacial score (nSPS) is 34.2. The average Bonchev–Trinajstić information content (AvgIpc) is 2.26. The van der Waals surface area contributed by atoms with E-state index in [2.05, 4.69) is 0 Å². The molecule has 0 unspecified atom stereocenters. The molecular weight excluding hydrogens is 208 g/mol. The fraction of sp³-hybridized carbons (Fsp3) is 0.750. The lowest BCUT2D eigenvalue weighted by Gasteiger charge is -2.25. The number of ether oxygens (including phenoxy) is 1. The van der Waals surface area contributed by atoms with Crippen molar-refractivity contribution in [3.8, 4) is 0 Å². The van der Waals surface area contributed by atoms with E-state index in [9.17, 15) is 15.0 Å². The van der Waals surface area contributed by atoms with Crippen LogP contribution >= 0.6 is 0 Å². The van der Waals surface area contributed by atoms with Gasteiger partial charge in [-0.15, -0.1) is 0 Å². The van der Waals surface area contributed by atoms with Crippen molar-refractivity contribution in [3.05, 3.63) is 12.2 Å². The van der Waals surface area contributed by atoms with Gasteiger partial charge < -0.3 is 14.9 Å². The molecule has 0 amide bonds. The van der Waals surface area contributed by atoms with E-state index < -0.39 is 18.3 Å². The van der Waals surface area contributed by atoms with Crippen LogP contribution in [0.1, 0.15) is 39.0 Å². The SMILES string of the molecule is CCC[C@H]1OC(=O)CCC/C=C/[C@H](O)[C@@H]1O. The molecule has 0 bridgehead atoms. The molecule has 1 aliphatic rings. The Kier molecular flexibility index (Phi) is 5.49. The summed E-state index contributed by atoms with van der Waals surface area (Å²) in [7, 11) is 0. The Labute approximate surface area is 95.9 Å². The third-order valence-electron chi connectivity index (χ3n) is 2.67. The predicted octanol–water partition coefficient (Wildman–Crippen LogP) is 1.16. The van der Waals surface area contributed by atoms with E-state index in [0.29, 0.717) is 12.8 Å². The average molecular weight is 228 g/mol. The van der Waals surface area contributed by atoms with Gasteiger partial charge >= 0.3 is 5.97 Å². The van der Waals surface area contributed by atoms with Crippen molar-refractivity contribution in [2.75, 3.05) is 0 Å². The van der Waals surface area contributed by atoms with Gasteiger partial charge in [-0.05, 0) is 19.3 Å².